The summed E-state index contributed by atoms with van der Waals surface area (Å²) in [7, 11) is -3.48. The van der Waals surface area contributed by atoms with Crippen molar-refractivity contribution in [2.24, 2.45) is 0 Å². The van der Waals surface area contributed by atoms with Crippen molar-refractivity contribution in [2.45, 2.75) is 13.0 Å². The van der Waals surface area contributed by atoms with Crippen molar-refractivity contribution in [1.29, 1.82) is 0 Å². The largest absolute Gasteiger partial charge is 0.280 e. The maximum atomic E-state index is 12.0. The Morgan fingerprint density at radius 2 is 2.06 bits per heavy atom. The summed E-state index contributed by atoms with van der Waals surface area (Å²) in [5, 5.41) is 0.274. The van der Waals surface area contributed by atoms with Gasteiger partial charge in [-0.25, -0.2) is 0 Å². The zero-order chi connectivity index (χ0) is 13.2. The van der Waals surface area contributed by atoms with Crippen molar-refractivity contribution < 1.29 is 8.42 Å². The molecule has 1 aliphatic rings. The second kappa shape index (κ2) is 5.40. The molecule has 98 valence electrons. The fourth-order valence-corrected chi connectivity index (χ4v) is 3.26. The topological polar surface area (TPSA) is 49.4 Å². The highest BCUT2D eigenvalue weighted by atomic mass is 35.5. The average Bonchev–Trinajstić information content (AvgIpc) is 2.36. The van der Waals surface area contributed by atoms with Crippen molar-refractivity contribution in [1.82, 2.24) is 9.03 Å². The van der Waals surface area contributed by atoms with Gasteiger partial charge in [-0.1, -0.05) is 42.4 Å². The van der Waals surface area contributed by atoms with E-state index in [1.165, 1.54) is 9.87 Å². The molecule has 1 aromatic rings. The summed E-state index contributed by atoms with van der Waals surface area (Å²) in [5.41, 5.74) is 2.27. The number of benzene rings is 1. The Morgan fingerprint density at radius 3 is 2.72 bits per heavy atom. The van der Waals surface area contributed by atoms with E-state index in [1.54, 1.807) is 0 Å². The van der Waals surface area contributed by atoms with Crippen LogP contribution in [0.2, 0.25) is 0 Å². The van der Waals surface area contributed by atoms with Crippen molar-refractivity contribution >= 4 is 21.8 Å². The smallest absolute Gasteiger partial charge is 0.197 e. The number of nitrogens with zero attached hydrogens (tertiary/aromatic N) is 1. The van der Waals surface area contributed by atoms with Gasteiger partial charge in [-0.3, -0.25) is 0 Å². The fourth-order valence-electron chi connectivity index (χ4n) is 1.94. The average molecular weight is 287 g/mol. The second-order valence-electron chi connectivity index (χ2n) is 4.20. The van der Waals surface area contributed by atoms with Crippen molar-refractivity contribution in [2.75, 3.05) is 13.1 Å². The van der Waals surface area contributed by atoms with E-state index < -0.39 is 10.2 Å². The standard InChI is InChI=1S/C12H15ClN2O2S/c1-10(13)8-14-18(16,17)15-7-6-11-4-2-3-5-12(11)9-15/h2-5,14H,1,6-9H2. The normalized spacial score (nSPS) is 16.3. The van der Waals surface area contributed by atoms with Gasteiger partial charge >= 0.3 is 0 Å². The molecule has 0 radical (unpaired) electrons. The molecule has 2 rings (SSSR count). The van der Waals surface area contributed by atoms with Crippen LogP contribution in [0.5, 0.6) is 0 Å². The van der Waals surface area contributed by atoms with Crippen molar-refractivity contribution in [3.63, 3.8) is 0 Å². The van der Waals surface area contributed by atoms with Crippen LogP contribution in [-0.2, 0) is 23.2 Å². The lowest BCUT2D eigenvalue weighted by molar-refractivity contribution is 0.385. The van der Waals surface area contributed by atoms with Crippen LogP contribution >= 0.6 is 11.6 Å². The van der Waals surface area contributed by atoms with Crippen LogP contribution in [0.3, 0.4) is 0 Å². The van der Waals surface area contributed by atoms with E-state index in [2.05, 4.69) is 11.3 Å². The van der Waals surface area contributed by atoms with E-state index in [0.29, 0.717) is 13.1 Å². The highest BCUT2D eigenvalue weighted by molar-refractivity contribution is 7.87. The lowest BCUT2D eigenvalue weighted by atomic mass is 10.0. The summed E-state index contributed by atoms with van der Waals surface area (Å²) in [6.07, 6.45) is 0.735. The van der Waals surface area contributed by atoms with Crippen LogP contribution in [-0.4, -0.2) is 25.8 Å². The van der Waals surface area contributed by atoms with Crippen LogP contribution in [0.1, 0.15) is 11.1 Å². The minimum absolute atomic E-state index is 0.0576. The summed E-state index contributed by atoms with van der Waals surface area (Å²) in [4.78, 5) is 0. The minimum Gasteiger partial charge on any atom is -0.197 e. The van der Waals surface area contributed by atoms with Gasteiger partial charge in [-0.05, 0) is 17.5 Å². The van der Waals surface area contributed by atoms with Gasteiger partial charge in [-0.2, -0.15) is 17.4 Å². The molecule has 0 saturated carbocycles. The van der Waals surface area contributed by atoms with Gasteiger partial charge in [0.25, 0.3) is 10.2 Å². The molecule has 0 amide bonds. The van der Waals surface area contributed by atoms with E-state index in [-0.39, 0.29) is 11.6 Å². The minimum atomic E-state index is -3.48. The first-order valence-electron chi connectivity index (χ1n) is 5.64. The summed E-state index contributed by atoms with van der Waals surface area (Å²) < 4.78 is 27.9. The van der Waals surface area contributed by atoms with Gasteiger partial charge in [0.05, 0.1) is 0 Å². The van der Waals surface area contributed by atoms with Gasteiger partial charge < -0.3 is 0 Å². The molecule has 18 heavy (non-hydrogen) atoms. The quantitative estimate of drug-likeness (QED) is 0.915. The van der Waals surface area contributed by atoms with Crippen molar-refractivity contribution in [3.8, 4) is 0 Å². The fraction of sp³-hybridized carbons (Fsp3) is 0.333. The first-order chi connectivity index (χ1) is 8.49. The van der Waals surface area contributed by atoms with Gasteiger partial charge in [0, 0.05) is 24.7 Å². The molecular formula is C12H15ClN2O2S. The third-order valence-electron chi connectivity index (χ3n) is 2.88. The van der Waals surface area contributed by atoms with Crippen LogP contribution in [0, 0.1) is 0 Å². The predicted molar refractivity (Wildman–Crippen MR) is 72.5 cm³/mol. The summed E-state index contributed by atoms with van der Waals surface area (Å²) >= 11 is 5.56. The monoisotopic (exact) mass is 286 g/mol. The molecular weight excluding hydrogens is 272 g/mol. The molecule has 6 heteroatoms. The van der Waals surface area contributed by atoms with Gasteiger partial charge in [0.2, 0.25) is 0 Å². The van der Waals surface area contributed by atoms with Crippen molar-refractivity contribution in [3.05, 3.63) is 47.0 Å². The number of rotatable bonds is 4. The van der Waals surface area contributed by atoms with E-state index in [1.807, 2.05) is 24.3 Å². The maximum Gasteiger partial charge on any atom is 0.280 e. The first kappa shape index (κ1) is 13.5. The number of nitrogens with one attached hydrogen (secondary N) is 1. The molecule has 1 aliphatic heterocycles. The molecule has 0 fully saturated rings. The Bertz CT molecular complexity index is 557. The third-order valence-corrected chi connectivity index (χ3v) is 4.52. The zero-order valence-electron chi connectivity index (χ0n) is 9.89. The predicted octanol–water partition coefficient (Wildman–Crippen LogP) is 1.63. The third kappa shape index (κ3) is 3.11. The van der Waals surface area contributed by atoms with E-state index >= 15 is 0 Å². The van der Waals surface area contributed by atoms with Crippen LogP contribution < -0.4 is 4.72 Å². The first-order valence-corrected chi connectivity index (χ1v) is 7.45. The summed E-state index contributed by atoms with van der Waals surface area (Å²) in [5.74, 6) is 0. The highest BCUT2D eigenvalue weighted by Gasteiger charge is 2.25. The molecule has 0 spiro atoms. The number of hydrogen-bond acceptors (Lipinski definition) is 2. The van der Waals surface area contributed by atoms with E-state index in [4.69, 9.17) is 11.6 Å². The molecule has 4 nitrogen and oxygen atoms in total. The Morgan fingerprint density at radius 1 is 1.39 bits per heavy atom. The number of halogens is 1. The van der Waals surface area contributed by atoms with Crippen LogP contribution in [0.15, 0.2) is 35.9 Å². The Balaban J connectivity index is 2.11. The van der Waals surface area contributed by atoms with Gasteiger partial charge in [0.1, 0.15) is 0 Å². The molecule has 0 atom stereocenters. The molecule has 0 unspecified atom stereocenters. The molecule has 0 saturated heterocycles. The SMILES string of the molecule is C=C(Cl)CNS(=O)(=O)N1CCc2ccccc2C1. The Kier molecular flexibility index (Phi) is 4.07. The molecule has 1 aromatic carbocycles. The molecule has 1 heterocycles. The van der Waals surface area contributed by atoms with Gasteiger partial charge in [-0.15, -0.1) is 0 Å². The van der Waals surface area contributed by atoms with Crippen LogP contribution in [0.25, 0.3) is 0 Å². The van der Waals surface area contributed by atoms with E-state index in [0.717, 1.165) is 12.0 Å². The Hall–Kier alpha value is -0.880. The molecule has 0 aromatic heterocycles. The molecule has 0 bridgehead atoms. The van der Waals surface area contributed by atoms with Gasteiger partial charge in [0.15, 0.2) is 0 Å². The lowest BCUT2D eigenvalue weighted by Crippen LogP contribution is -2.43. The van der Waals surface area contributed by atoms with Crippen LogP contribution in [0.4, 0.5) is 0 Å². The second-order valence-corrected chi connectivity index (χ2v) is 6.49. The summed E-state index contributed by atoms with van der Waals surface area (Å²) in [6.45, 7) is 4.41. The Labute approximate surface area is 112 Å². The lowest BCUT2D eigenvalue weighted by Gasteiger charge is -2.28. The highest BCUT2D eigenvalue weighted by Crippen LogP contribution is 2.20. The number of fused-ring (bicyclic) bond motifs is 1. The summed E-state index contributed by atoms with van der Waals surface area (Å²) in [6, 6.07) is 7.88. The zero-order valence-corrected chi connectivity index (χ0v) is 11.5. The molecule has 0 aliphatic carbocycles. The maximum absolute atomic E-state index is 12.0. The molecule has 1 N–H and O–H groups in total. The number of hydrogen-bond donors (Lipinski definition) is 1. The van der Waals surface area contributed by atoms with E-state index in [9.17, 15) is 8.42 Å².